The minimum Gasteiger partial charge on any atom is -0.363 e. The van der Waals surface area contributed by atoms with Crippen LogP contribution in [0.15, 0.2) is 24.5 Å². The summed E-state index contributed by atoms with van der Waals surface area (Å²) in [4.78, 5) is 17.9. The molecule has 0 unspecified atom stereocenters. The molecule has 1 aliphatic rings. The number of Topliss-reactive ketones (excluding diaryl/α,β-unsaturated/α-hetero) is 1. The van der Waals surface area contributed by atoms with Crippen LogP contribution < -0.4 is 4.90 Å². The smallest absolute Gasteiger partial charge is 0.159 e. The number of carbonyl (C=O) groups excluding carboxylic acids is 1. The molecule has 0 saturated heterocycles. The predicted molar refractivity (Wildman–Crippen MR) is 72.2 cm³/mol. The van der Waals surface area contributed by atoms with Gasteiger partial charge in [0.05, 0.1) is 6.54 Å². The maximum atomic E-state index is 11.4. The Labute approximate surface area is 111 Å². The summed E-state index contributed by atoms with van der Waals surface area (Å²) in [5.41, 5.74) is 3.24. The molecule has 0 saturated carbocycles. The third kappa shape index (κ3) is 2.12. The lowest BCUT2D eigenvalue weighted by atomic mass is 10.1. The van der Waals surface area contributed by atoms with Crippen LogP contribution in [-0.2, 0) is 20.0 Å². The van der Waals surface area contributed by atoms with Crippen molar-refractivity contribution in [1.82, 2.24) is 14.8 Å². The molecule has 98 valence electrons. The SMILES string of the molecule is CC(=O)c1ccc2c(c1)CCN2Cc1ncnn1C. The van der Waals surface area contributed by atoms with Crippen LogP contribution in [0, 0.1) is 0 Å². The lowest BCUT2D eigenvalue weighted by molar-refractivity contribution is 0.101. The highest BCUT2D eigenvalue weighted by molar-refractivity contribution is 5.94. The second kappa shape index (κ2) is 4.50. The van der Waals surface area contributed by atoms with E-state index in [0.717, 1.165) is 30.9 Å². The quantitative estimate of drug-likeness (QED) is 0.782. The molecule has 0 bridgehead atoms. The monoisotopic (exact) mass is 256 g/mol. The van der Waals surface area contributed by atoms with Gasteiger partial charge < -0.3 is 4.90 Å². The summed E-state index contributed by atoms with van der Waals surface area (Å²) in [6.45, 7) is 3.32. The zero-order valence-corrected chi connectivity index (χ0v) is 11.1. The fraction of sp³-hybridized carbons (Fsp3) is 0.357. The van der Waals surface area contributed by atoms with Gasteiger partial charge in [0.1, 0.15) is 12.2 Å². The van der Waals surface area contributed by atoms with Crippen LogP contribution in [0.2, 0.25) is 0 Å². The maximum absolute atomic E-state index is 11.4. The van der Waals surface area contributed by atoms with Crippen molar-refractivity contribution in [3.8, 4) is 0 Å². The van der Waals surface area contributed by atoms with Crippen molar-refractivity contribution < 1.29 is 4.79 Å². The van der Waals surface area contributed by atoms with E-state index in [9.17, 15) is 4.79 Å². The first-order valence-electron chi connectivity index (χ1n) is 6.37. The fourth-order valence-corrected chi connectivity index (χ4v) is 2.49. The number of benzene rings is 1. The van der Waals surface area contributed by atoms with Crippen LogP contribution in [0.5, 0.6) is 0 Å². The van der Waals surface area contributed by atoms with E-state index in [0.29, 0.717) is 0 Å². The first-order chi connectivity index (χ1) is 9.15. The minimum atomic E-state index is 0.120. The average Bonchev–Trinajstić information content (AvgIpc) is 2.97. The summed E-state index contributed by atoms with van der Waals surface area (Å²) in [7, 11) is 1.90. The molecule has 1 aromatic carbocycles. The summed E-state index contributed by atoms with van der Waals surface area (Å²) in [6.07, 6.45) is 2.56. The zero-order chi connectivity index (χ0) is 13.4. The molecule has 0 aliphatic carbocycles. The van der Waals surface area contributed by atoms with Gasteiger partial charge in [0.25, 0.3) is 0 Å². The number of ketones is 1. The first-order valence-corrected chi connectivity index (χ1v) is 6.37. The van der Waals surface area contributed by atoms with Gasteiger partial charge in [0, 0.05) is 24.8 Å². The summed E-state index contributed by atoms with van der Waals surface area (Å²) in [5.74, 6) is 1.07. The van der Waals surface area contributed by atoms with Gasteiger partial charge in [-0.3, -0.25) is 9.48 Å². The van der Waals surface area contributed by atoms with E-state index in [-0.39, 0.29) is 5.78 Å². The number of fused-ring (bicyclic) bond motifs is 1. The molecule has 1 aliphatic heterocycles. The minimum absolute atomic E-state index is 0.120. The Morgan fingerprint density at radius 3 is 2.95 bits per heavy atom. The van der Waals surface area contributed by atoms with E-state index in [1.54, 1.807) is 17.9 Å². The molecule has 0 fully saturated rings. The number of carbonyl (C=O) groups is 1. The van der Waals surface area contributed by atoms with Gasteiger partial charge in [-0.15, -0.1) is 0 Å². The number of nitrogens with zero attached hydrogens (tertiary/aromatic N) is 4. The number of aromatic nitrogens is 3. The van der Waals surface area contributed by atoms with Crippen LogP contribution in [0.3, 0.4) is 0 Å². The lowest BCUT2D eigenvalue weighted by Crippen LogP contribution is -2.22. The van der Waals surface area contributed by atoms with Crippen LogP contribution >= 0.6 is 0 Å². The molecule has 0 amide bonds. The molecular formula is C14H16N4O. The Bertz CT molecular complexity index is 632. The Kier molecular flexibility index (Phi) is 2.81. The van der Waals surface area contributed by atoms with Gasteiger partial charge in [0.2, 0.25) is 0 Å². The topological polar surface area (TPSA) is 51.0 Å². The molecule has 0 N–H and O–H groups in total. The number of hydrogen-bond donors (Lipinski definition) is 0. The van der Waals surface area contributed by atoms with Crippen LogP contribution in [0.1, 0.15) is 28.7 Å². The summed E-state index contributed by atoms with van der Waals surface area (Å²) >= 11 is 0. The molecule has 5 heteroatoms. The number of hydrogen-bond acceptors (Lipinski definition) is 4. The summed E-state index contributed by atoms with van der Waals surface area (Å²) in [5, 5.41) is 4.09. The van der Waals surface area contributed by atoms with Crippen LogP contribution in [-0.4, -0.2) is 27.1 Å². The average molecular weight is 256 g/mol. The molecule has 5 nitrogen and oxygen atoms in total. The highest BCUT2D eigenvalue weighted by Gasteiger charge is 2.21. The Morgan fingerprint density at radius 2 is 2.26 bits per heavy atom. The van der Waals surface area contributed by atoms with E-state index >= 15 is 0 Å². The predicted octanol–water partition coefficient (Wildman–Crippen LogP) is 1.58. The third-order valence-electron chi connectivity index (χ3n) is 3.62. The van der Waals surface area contributed by atoms with E-state index in [2.05, 4.69) is 15.0 Å². The number of rotatable bonds is 3. The standard InChI is InChI=1S/C14H16N4O/c1-10(19)11-3-4-13-12(7-11)5-6-18(13)8-14-15-9-16-17(14)2/h3-4,7,9H,5-6,8H2,1-2H3. The molecule has 1 aromatic heterocycles. The normalized spacial score (nSPS) is 13.7. The number of anilines is 1. The summed E-state index contributed by atoms with van der Waals surface area (Å²) in [6, 6.07) is 5.94. The molecular weight excluding hydrogens is 240 g/mol. The Balaban J connectivity index is 1.86. The lowest BCUT2D eigenvalue weighted by Gasteiger charge is -2.18. The maximum Gasteiger partial charge on any atom is 0.159 e. The van der Waals surface area contributed by atoms with Crippen molar-refractivity contribution >= 4 is 11.5 Å². The first kappa shape index (κ1) is 11.9. The van der Waals surface area contributed by atoms with Crippen LogP contribution in [0.25, 0.3) is 0 Å². The number of aryl methyl sites for hydroxylation is 1. The van der Waals surface area contributed by atoms with E-state index < -0.39 is 0 Å². The van der Waals surface area contributed by atoms with Crippen molar-refractivity contribution in [1.29, 1.82) is 0 Å². The van der Waals surface area contributed by atoms with Gasteiger partial charge in [-0.05, 0) is 37.1 Å². The molecule has 19 heavy (non-hydrogen) atoms. The van der Waals surface area contributed by atoms with Crippen molar-refractivity contribution in [2.24, 2.45) is 7.05 Å². The van der Waals surface area contributed by atoms with E-state index in [4.69, 9.17) is 0 Å². The van der Waals surface area contributed by atoms with E-state index in [1.807, 2.05) is 25.2 Å². The fourth-order valence-electron chi connectivity index (χ4n) is 2.49. The molecule has 2 aromatic rings. The van der Waals surface area contributed by atoms with Gasteiger partial charge in [-0.25, -0.2) is 4.98 Å². The van der Waals surface area contributed by atoms with E-state index in [1.165, 1.54) is 11.3 Å². The highest BCUT2D eigenvalue weighted by Crippen LogP contribution is 2.29. The van der Waals surface area contributed by atoms with Crippen molar-refractivity contribution in [2.45, 2.75) is 19.9 Å². The van der Waals surface area contributed by atoms with Gasteiger partial charge >= 0.3 is 0 Å². The molecule has 0 radical (unpaired) electrons. The molecule has 3 rings (SSSR count). The second-order valence-electron chi connectivity index (χ2n) is 4.87. The van der Waals surface area contributed by atoms with Crippen LogP contribution in [0.4, 0.5) is 5.69 Å². The summed E-state index contributed by atoms with van der Waals surface area (Å²) < 4.78 is 1.79. The van der Waals surface area contributed by atoms with Gasteiger partial charge in [0.15, 0.2) is 5.78 Å². The molecule has 0 spiro atoms. The molecule has 2 heterocycles. The van der Waals surface area contributed by atoms with Gasteiger partial charge in [-0.2, -0.15) is 5.10 Å². The Hall–Kier alpha value is -2.17. The van der Waals surface area contributed by atoms with Crippen molar-refractivity contribution in [2.75, 3.05) is 11.4 Å². The zero-order valence-electron chi connectivity index (χ0n) is 11.1. The Morgan fingerprint density at radius 1 is 1.42 bits per heavy atom. The van der Waals surface area contributed by atoms with Crippen molar-refractivity contribution in [3.05, 3.63) is 41.5 Å². The third-order valence-corrected chi connectivity index (χ3v) is 3.62. The highest BCUT2D eigenvalue weighted by atomic mass is 16.1. The molecule has 0 atom stereocenters. The second-order valence-corrected chi connectivity index (χ2v) is 4.87. The van der Waals surface area contributed by atoms with Crippen molar-refractivity contribution in [3.63, 3.8) is 0 Å². The van der Waals surface area contributed by atoms with Gasteiger partial charge in [-0.1, -0.05) is 0 Å². The largest absolute Gasteiger partial charge is 0.363 e.